The zero-order valence-electron chi connectivity index (χ0n) is 11.6. The number of aromatic amines is 1. The van der Waals surface area contributed by atoms with Gasteiger partial charge in [0.1, 0.15) is 0 Å². The first-order valence-electron chi connectivity index (χ1n) is 6.93. The van der Waals surface area contributed by atoms with Crippen LogP contribution in [0.15, 0.2) is 54.7 Å². The Hall–Kier alpha value is -2.75. The average Bonchev–Trinajstić information content (AvgIpc) is 2.90. The van der Waals surface area contributed by atoms with E-state index in [0.29, 0.717) is 12.1 Å². The molecule has 106 valence electrons. The Balaban J connectivity index is 1.65. The third kappa shape index (κ3) is 2.89. The molecule has 1 heterocycles. The van der Waals surface area contributed by atoms with Gasteiger partial charge in [-0.15, -0.1) is 0 Å². The summed E-state index contributed by atoms with van der Waals surface area (Å²) < 4.78 is 0. The molecule has 21 heavy (non-hydrogen) atoms. The highest BCUT2D eigenvalue weighted by Gasteiger charge is 2.06. The number of nitrogen functional groups attached to an aromatic ring is 1. The number of carbonyl (C=O) groups is 1. The van der Waals surface area contributed by atoms with E-state index in [0.717, 1.165) is 28.6 Å². The summed E-state index contributed by atoms with van der Waals surface area (Å²) in [5.74, 6) is -0.0463. The van der Waals surface area contributed by atoms with Gasteiger partial charge in [-0.3, -0.25) is 4.79 Å². The maximum Gasteiger partial charge on any atom is 0.251 e. The molecule has 4 N–H and O–H groups in total. The van der Waals surface area contributed by atoms with Crippen LogP contribution in [0.2, 0.25) is 0 Å². The van der Waals surface area contributed by atoms with Gasteiger partial charge in [0.15, 0.2) is 0 Å². The van der Waals surface area contributed by atoms with Gasteiger partial charge in [-0.25, -0.2) is 0 Å². The van der Waals surface area contributed by atoms with Crippen LogP contribution < -0.4 is 11.1 Å². The number of nitrogens with one attached hydrogen (secondary N) is 2. The number of rotatable bonds is 4. The van der Waals surface area contributed by atoms with Gasteiger partial charge in [-0.05, 0) is 42.3 Å². The molecule has 0 bridgehead atoms. The summed E-state index contributed by atoms with van der Waals surface area (Å²) >= 11 is 0. The van der Waals surface area contributed by atoms with Crippen molar-refractivity contribution in [1.82, 2.24) is 10.3 Å². The lowest BCUT2D eigenvalue weighted by Crippen LogP contribution is -2.25. The third-order valence-corrected chi connectivity index (χ3v) is 3.51. The fraction of sp³-hybridized carbons (Fsp3) is 0.118. The van der Waals surface area contributed by atoms with Gasteiger partial charge < -0.3 is 16.0 Å². The monoisotopic (exact) mass is 279 g/mol. The highest BCUT2D eigenvalue weighted by molar-refractivity contribution is 5.94. The highest BCUT2D eigenvalue weighted by Crippen LogP contribution is 2.21. The summed E-state index contributed by atoms with van der Waals surface area (Å²) in [6.07, 6.45) is 2.74. The van der Waals surface area contributed by atoms with Crippen LogP contribution >= 0.6 is 0 Å². The minimum Gasteiger partial charge on any atom is -0.399 e. The standard InChI is InChI=1S/C17H17N3O/c18-14-6-7-16-15(10-14)13(11-20-16)8-9-19-17(21)12-4-2-1-3-5-12/h1-7,10-11,20H,8-9,18H2,(H,19,21). The molecule has 0 radical (unpaired) electrons. The summed E-state index contributed by atoms with van der Waals surface area (Å²) in [5, 5.41) is 4.05. The van der Waals surface area contributed by atoms with Gasteiger partial charge in [0.25, 0.3) is 5.91 Å². The molecule has 1 aromatic heterocycles. The number of H-pyrrole nitrogens is 1. The van der Waals surface area contributed by atoms with E-state index in [9.17, 15) is 4.79 Å². The molecule has 0 fully saturated rings. The lowest BCUT2D eigenvalue weighted by Gasteiger charge is -2.05. The number of hydrogen-bond donors (Lipinski definition) is 3. The first-order valence-corrected chi connectivity index (χ1v) is 6.93. The van der Waals surface area contributed by atoms with E-state index in [4.69, 9.17) is 5.73 Å². The molecule has 3 aromatic rings. The summed E-state index contributed by atoms with van der Waals surface area (Å²) in [6, 6.07) is 15.0. The van der Waals surface area contributed by atoms with Gasteiger partial charge in [-0.2, -0.15) is 0 Å². The molecule has 0 saturated heterocycles. The van der Waals surface area contributed by atoms with Crippen LogP contribution in [0.4, 0.5) is 5.69 Å². The first-order chi connectivity index (χ1) is 10.2. The van der Waals surface area contributed by atoms with E-state index in [1.54, 1.807) is 0 Å². The number of hydrogen-bond acceptors (Lipinski definition) is 2. The topological polar surface area (TPSA) is 70.9 Å². The number of carbonyl (C=O) groups excluding carboxylic acids is 1. The molecule has 0 aliphatic rings. The summed E-state index contributed by atoms with van der Waals surface area (Å²) in [7, 11) is 0. The molecule has 0 atom stereocenters. The van der Waals surface area contributed by atoms with Crippen LogP contribution in [0.1, 0.15) is 15.9 Å². The van der Waals surface area contributed by atoms with Gasteiger partial charge in [0.2, 0.25) is 0 Å². The second-order valence-electron chi connectivity index (χ2n) is 4.99. The number of anilines is 1. The Morgan fingerprint density at radius 3 is 2.76 bits per heavy atom. The summed E-state index contributed by atoms with van der Waals surface area (Å²) in [4.78, 5) is 15.2. The summed E-state index contributed by atoms with van der Waals surface area (Å²) in [5.41, 5.74) is 9.47. The predicted octanol–water partition coefficient (Wildman–Crippen LogP) is 2.72. The van der Waals surface area contributed by atoms with E-state index in [-0.39, 0.29) is 5.91 Å². The molecule has 4 heteroatoms. The number of amides is 1. The molecule has 4 nitrogen and oxygen atoms in total. The molecule has 0 unspecified atom stereocenters. The number of aromatic nitrogens is 1. The van der Waals surface area contributed by atoms with Crippen LogP contribution in [-0.4, -0.2) is 17.4 Å². The normalized spacial score (nSPS) is 10.7. The Morgan fingerprint density at radius 2 is 1.95 bits per heavy atom. The lowest BCUT2D eigenvalue weighted by molar-refractivity contribution is 0.0954. The fourth-order valence-corrected chi connectivity index (χ4v) is 2.41. The van der Waals surface area contributed by atoms with Crippen LogP contribution in [-0.2, 0) is 6.42 Å². The van der Waals surface area contributed by atoms with E-state index >= 15 is 0 Å². The molecule has 0 spiro atoms. The van der Waals surface area contributed by atoms with Crippen molar-refractivity contribution in [2.24, 2.45) is 0 Å². The van der Waals surface area contributed by atoms with Crippen molar-refractivity contribution >= 4 is 22.5 Å². The molecular weight excluding hydrogens is 262 g/mol. The lowest BCUT2D eigenvalue weighted by atomic mass is 10.1. The molecule has 2 aromatic carbocycles. The van der Waals surface area contributed by atoms with E-state index in [1.807, 2.05) is 54.7 Å². The van der Waals surface area contributed by atoms with E-state index < -0.39 is 0 Å². The highest BCUT2D eigenvalue weighted by atomic mass is 16.1. The van der Waals surface area contributed by atoms with Crippen molar-refractivity contribution in [2.75, 3.05) is 12.3 Å². The minimum absolute atomic E-state index is 0.0463. The zero-order chi connectivity index (χ0) is 14.7. The zero-order valence-corrected chi connectivity index (χ0v) is 11.6. The van der Waals surface area contributed by atoms with Crippen molar-refractivity contribution in [2.45, 2.75) is 6.42 Å². The quantitative estimate of drug-likeness (QED) is 0.643. The van der Waals surface area contributed by atoms with Crippen molar-refractivity contribution in [3.05, 3.63) is 65.9 Å². The van der Waals surface area contributed by atoms with Crippen LogP contribution in [0, 0.1) is 0 Å². The second kappa shape index (κ2) is 5.71. The second-order valence-corrected chi connectivity index (χ2v) is 4.99. The van der Waals surface area contributed by atoms with E-state index in [1.165, 1.54) is 0 Å². The third-order valence-electron chi connectivity index (χ3n) is 3.51. The maximum atomic E-state index is 12.0. The van der Waals surface area contributed by atoms with Crippen molar-refractivity contribution < 1.29 is 4.79 Å². The van der Waals surface area contributed by atoms with Gasteiger partial charge in [-0.1, -0.05) is 18.2 Å². The molecule has 1 amide bonds. The largest absolute Gasteiger partial charge is 0.399 e. The van der Waals surface area contributed by atoms with Crippen LogP contribution in [0.3, 0.4) is 0 Å². The molecule has 0 aliphatic carbocycles. The minimum atomic E-state index is -0.0463. The van der Waals surface area contributed by atoms with Crippen molar-refractivity contribution in [3.63, 3.8) is 0 Å². The first kappa shape index (κ1) is 13.2. The maximum absolute atomic E-state index is 12.0. The Labute approximate surface area is 123 Å². The van der Waals surface area contributed by atoms with Crippen molar-refractivity contribution in [1.29, 1.82) is 0 Å². The predicted molar refractivity (Wildman–Crippen MR) is 85.2 cm³/mol. The average molecular weight is 279 g/mol. The van der Waals surface area contributed by atoms with Crippen LogP contribution in [0.5, 0.6) is 0 Å². The molecular formula is C17H17N3O. The summed E-state index contributed by atoms with van der Waals surface area (Å²) in [6.45, 7) is 0.593. The smallest absolute Gasteiger partial charge is 0.251 e. The Morgan fingerprint density at radius 1 is 1.14 bits per heavy atom. The number of nitrogens with two attached hydrogens (primary N) is 1. The van der Waals surface area contributed by atoms with Gasteiger partial charge >= 0.3 is 0 Å². The van der Waals surface area contributed by atoms with E-state index in [2.05, 4.69) is 10.3 Å². The molecule has 3 rings (SSSR count). The van der Waals surface area contributed by atoms with Gasteiger partial charge in [0.05, 0.1) is 0 Å². The number of benzene rings is 2. The van der Waals surface area contributed by atoms with Gasteiger partial charge in [0, 0.05) is 34.9 Å². The Kier molecular flexibility index (Phi) is 3.60. The number of fused-ring (bicyclic) bond motifs is 1. The molecule has 0 aliphatic heterocycles. The Bertz CT molecular complexity index is 762. The molecule has 0 saturated carbocycles. The van der Waals surface area contributed by atoms with Crippen LogP contribution in [0.25, 0.3) is 10.9 Å². The fourth-order valence-electron chi connectivity index (χ4n) is 2.41. The SMILES string of the molecule is Nc1ccc2[nH]cc(CCNC(=O)c3ccccc3)c2c1. The van der Waals surface area contributed by atoms with Crippen molar-refractivity contribution in [3.8, 4) is 0 Å².